The van der Waals surface area contributed by atoms with E-state index in [0.29, 0.717) is 62.5 Å². The molecule has 1 aromatic carbocycles. The molecule has 4 aromatic rings. The number of hydrogen-bond acceptors (Lipinski definition) is 11. The van der Waals surface area contributed by atoms with Gasteiger partial charge in [-0.1, -0.05) is 11.6 Å². The number of carboxylic acid groups (broad SMARTS) is 1. The van der Waals surface area contributed by atoms with E-state index in [2.05, 4.69) is 35.5 Å². The second kappa shape index (κ2) is 17.9. The summed E-state index contributed by atoms with van der Waals surface area (Å²) in [6.07, 6.45) is 0.371. The fourth-order valence-corrected chi connectivity index (χ4v) is 9.36. The number of rotatable bonds is 11. The molecule has 0 radical (unpaired) electrons. The number of nitrogens with one attached hydrogen (secondary N) is 2. The van der Waals surface area contributed by atoms with Crippen molar-refractivity contribution in [1.29, 1.82) is 0 Å². The van der Waals surface area contributed by atoms with Crippen molar-refractivity contribution in [3.05, 3.63) is 71.0 Å². The Labute approximate surface area is 367 Å². The lowest BCUT2D eigenvalue weighted by atomic mass is 9.90. The van der Waals surface area contributed by atoms with Gasteiger partial charge in [0, 0.05) is 109 Å². The maximum atomic E-state index is 14.4. The summed E-state index contributed by atoms with van der Waals surface area (Å²) in [5, 5.41) is 21.4. The summed E-state index contributed by atoms with van der Waals surface area (Å²) in [6.45, 7) is 8.34. The normalized spacial score (nSPS) is 21.3. The number of likely N-dealkylation sites (N-methyl/N-ethyl adjacent to an activating group) is 1. The van der Waals surface area contributed by atoms with E-state index >= 15 is 0 Å². The number of aromatic nitrogens is 5. The molecule has 336 valence electrons. The number of piperidine rings is 1. The van der Waals surface area contributed by atoms with Gasteiger partial charge in [-0.25, -0.2) is 14.6 Å². The summed E-state index contributed by atoms with van der Waals surface area (Å²) < 4.78 is 45.8. The van der Waals surface area contributed by atoms with Gasteiger partial charge < -0.3 is 49.2 Å². The van der Waals surface area contributed by atoms with Gasteiger partial charge >= 0.3 is 6.18 Å². The van der Waals surface area contributed by atoms with Crippen molar-refractivity contribution in [2.75, 3.05) is 109 Å². The van der Waals surface area contributed by atoms with Crippen LogP contribution < -0.4 is 20.6 Å². The highest BCUT2D eigenvalue weighted by Crippen LogP contribution is 2.37. The van der Waals surface area contributed by atoms with E-state index < -0.39 is 23.7 Å². The van der Waals surface area contributed by atoms with Gasteiger partial charge in [0.15, 0.2) is 17.3 Å². The lowest BCUT2D eigenvalue weighted by Gasteiger charge is -2.47. The van der Waals surface area contributed by atoms with E-state index in [1.807, 2.05) is 7.05 Å². The van der Waals surface area contributed by atoms with E-state index in [1.54, 1.807) is 28.1 Å². The predicted octanol–water partition coefficient (Wildman–Crippen LogP) is 1.82. The molecule has 4 aliphatic heterocycles. The van der Waals surface area contributed by atoms with Crippen LogP contribution in [0.15, 0.2) is 48.9 Å². The first-order valence-corrected chi connectivity index (χ1v) is 21.5. The Morgan fingerprint density at radius 1 is 0.921 bits per heavy atom. The Hall–Kier alpha value is -5.57. The molecule has 0 aliphatic carbocycles. The molecule has 2 N–H and O–H groups in total. The van der Waals surface area contributed by atoms with Crippen LogP contribution in [0, 0.1) is 11.8 Å². The molecule has 4 fully saturated rings. The molecule has 0 saturated carbocycles. The second-order valence-corrected chi connectivity index (χ2v) is 17.5. The van der Waals surface area contributed by atoms with Gasteiger partial charge in [0.2, 0.25) is 5.91 Å². The summed E-state index contributed by atoms with van der Waals surface area (Å²) in [4.78, 5) is 68.4. The van der Waals surface area contributed by atoms with E-state index in [1.165, 1.54) is 42.2 Å². The molecule has 8 rings (SSSR count). The fraction of sp³-hybridized carbons (Fsp3) is 0.500. The molecular weight excluding hydrogens is 845 g/mol. The first kappa shape index (κ1) is 44.1. The molecule has 0 unspecified atom stereocenters. The Balaban J connectivity index is 0.874. The van der Waals surface area contributed by atoms with Crippen LogP contribution >= 0.6 is 11.6 Å². The molecule has 0 spiro atoms. The molecule has 3 amide bonds. The number of anilines is 2. The number of piperazine rings is 2. The van der Waals surface area contributed by atoms with Crippen LogP contribution in [0.25, 0.3) is 17.1 Å². The standard InChI is InChI=1S/C42H50ClF3N12O5/c1-52-9-11-54(12-10-52)30-4-6-35(48-22-30)57-24-32(37(51-57)42(44,45)46)34-23-49-38(53(34)2)39(61)50-29-3-5-31(33(43)19-29)41(63)56-15-13-55(14-16-56)40(62)28-7-17-58(18-8-28,26-36(59)60)25-27-20-47-21-27/h3-6,19,22-24,27-28,47H,7-18,20-21,25-26H2,1-2H3,(H-,50,59,60,61,63). The number of benzene rings is 1. The van der Waals surface area contributed by atoms with Gasteiger partial charge in [-0.05, 0) is 37.4 Å². The number of hydrogen-bond donors (Lipinski definition) is 2. The largest absolute Gasteiger partial charge is 0.544 e. The van der Waals surface area contributed by atoms with E-state index in [-0.39, 0.29) is 63.5 Å². The highest BCUT2D eigenvalue weighted by atomic mass is 35.5. The summed E-state index contributed by atoms with van der Waals surface area (Å²) in [6, 6.07) is 7.81. The van der Waals surface area contributed by atoms with Gasteiger partial charge in [-0.2, -0.15) is 18.3 Å². The van der Waals surface area contributed by atoms with Crippen LogP contribution in [0.3, 0.4) is 0 Å². The van der Waals surface area contributed by atoms with Gasteiger partial charge in [-0.3, -0.25) is 14.4 Å². The van der Waals surface area contributed by atoms with Gasteiger partial charge in [-0.15, -0.1) is 0 Å². The average Bonchev–Trinajstić information content (AvgIpc) is 3.87. The van der Waals surface area contributed by atoms with Crippen LogP contribution in [0.4, 0.5) is 24.5 Å². The Morgan fingerprint density at radius 3 is 2.22 bits per heavy atom. The highest BCUT2D eigenvalue weighted by Gasteiger charge is 2.42. The van der Waals surface area contributed by atoms with E-state index in [9.17, 15) is 37.5 Å². The molecule has 0 bridgehead atoms. The van der Waals surface area contributed by atoms with Gasteiger partial charge in [0.25, 0.3) is 11.8 Å². The number of pyridine rings is 1. The summed E-state index contributed by atoms with van der Waals surface area (Å²) >= 11 is 6.58. The third-order valence-corrected chi connectivity index (χ3v) is 13.2. The van der Waals surface area contributed by atoms with Crippen molar-refractivity contribution in [1.82, 2.24) is 44.3 Å². The van der Waals surface area contributed by atoms with Gasteiger partial charge in [0.1, 0.15) is 6.54 Å². The van der Waals surface area contributed by atoms with Crippen molar-refractivity contribution in [2.45, 2.75) is 19.0 Å². The molecule has 17 nitrogen and oxygen atoms in total. The minimum absolute atomic E-state index is 0.000691. The number of carboxylic acids is 1. The number of aliphatic carboxylic acids is 1. The number of halogens is 4. The lowest BCUT2D eigenvalue weighted by molar-refractivity contribution is -0.931. The number of carbonyl (C=O) groups is 4. The second-order valence-electron chi connectivity index (χ2n) is 17.1. The molecular formula is C42H50ClF3N12O5. The number of carbonyl (C=O) groups excluding carboxylic acids is 4. The predicted molar refractivity (Wildman–Crippen MR) is 224 cm³/mol. The van der Waals surface area contributed by atoms with Crippen LogP contribution in [0.1, 0.15) is 39.5 Å². The molecule has 21 heteroatoms. The Kier molecular flexibility index (Phi) is 12.5. The number of alkyl halides is 3. The number of amides is 3. The first-order chi connectivity index (χ1) is 30.1. The SMILES string of the molecule is CN1CCN(c2ccc(-n3cc(-c4cnc(C(=O)Nc5ccc(C(=O)N6CCN(C(=O)C7CC[N+](CC(=O)[O-])(CC8CNC8)CC7)CC6)c(Cl)c5)n4C)c(C(F)(F)F)n3)nc2)CC1. The third kappa shape index (κ3) is 9.53. The molecule has 4 aliphatic rings. The van der Waals surface area contributed by atoms with Crippen LogP contribution in [-0.4, -0.2) is 166 Å². The van der Waals surface area contributed by atoms with Crippen molar-refractivity contribution in [3.63, 3.8) is 0 Å². The van der Waals surface area contributed by atoms with Crippen molar-refractivity contribution >= 4 is 46.7 Å². The summed E-state index contributed by atoms with van der Waals surface area (Å²) in [7, 11) is 3.47. The zero-order valence-electron chi connectivity index (χ0n) is 35.1. The molecule has 4 saturated heterocycles. The monoisotopic (exact) mass is 894 g/mol. The minimum Gasteiger partial charge on any atom is -0.544 e. The molecule has 63 heavy (non-hydrogen) atoms. The van der Waals surface area contributed by atoms with E-state index in [0.717, 1.165) is 56.2 Å². The Bertz CT molecular complexity index is 2340. The number of imidazole rings is 1. The molecule has 7 heterocycles. The van der Waals surface area contributed by atoms with Crippen molar-refractivity contribution in [3.8, 4) is 17.1 Å². The lowest BCUT2D eigenvalue weighted by Crippen LogP contribution is -2.63. The topological polar surface area (TPSA) is 177 Å². The first-order valence-electron chi connectivity index (χ1n) is 21.1. The quantitative estimate of drug-likeness (QED) is 0.210. The summed E-state index contributed by atoms with van der Waals surface area (Å²) in [5.41, 5.74) is -0.166. The maximum Gasteiger partial charge on any atom is 0.435 e. The number of quaternary nitrogens is 1. The number of likely N-dealkylation sites (tertiary alicyclic amines) is 1. The smallest absolute Gasteiger partial charge is 0.435 e. The number of nitrogens with zero attached hydrogens (tertiary/aromatic N) is 10. The fourth-order valence-electron chi connectivity index (χ4n) is 9.10. The minimum atomic E-state index is -4.83. The van der Waals surface area contributed by atoms with Crippen LogP contribution in [-0.2, 0) is 22.8 Å². The van der Waals surface area contributed by atoms with Crippen LogP contribution in [0.5, 0.6) is 0 Å². The summed E-state index contributed by atoms with van der Waals surface area (Å²) in [5.74, 6) is -1.88. The Morgan fingerprint density at radius 2 is 1.62 bits per heavy atom. The van der Waals surface area contributed by atoms with E-state index in [4.69, 9.17) is 11.6 Å². The molecule has 3 aromatic heterocycles. The van der Waals surface area contributed by atoms with Crippen LogP contribution in [0.2, 0.25) is 5.02 Å². The average molecular weight is 895 g/mol. The maximum absolute atomic E-state index is 14.4. The van der Waals surface area contributed by atoms with Gasteiger partial charge in [0.05, 0.1) is 65.5 Å². The molecule has 0 atom stereocenters. The van der Waals surface area contributed by atoms with Crippen molar-refractivity contribution < 1.29 is 41.9 Å². The third-order valence-electron chi connectivity index (χ3n) is 12.9. The van der Waals surface area contributed by atoms with Crippen molar-refractivity contribution in [2.24, 2.45) is 18.9 Å². The zero-order valence-corrected chi connectivity index (χ0v) is 35.9. The zero-order chi connectivity index (χ0) is 44.6. The highest BCUT2D eigenvalue weighted by molar-refractivity contribution is 6.34.